The molecule has 0 saturated carbocycles. The molecule has 1 aromatic carbocycles. The lowest BCUT2D eigenvalue weighted by Crippen LogP contribution is -2.40. The van der Waals surface area contributed by atoms with Crippen LogP contribution in [-0.4, -0.2) is 40.4 Å². The largest absolute Gasteiger partial charge is 0.383 e. The van der Waals surface area contributed by atoms with Crippen LogP contribution in [0.5, 0.6) is 0 Å². The van der Waals surface area contributed by atoms with Crippen LogP contribution in [0.1, 0.15) is 18.1 Å². The summed E-state index contributed by atoms with van der Waals surface area (Å²) in [5.74, 6) is 0.320. The molecular formula is C14H23N3O3S. The van der Waals surface area contributed by atoms with Crippen LogP contribution < -0.4 is 11.1 Å². The number of aliphatic imine (C=N–C) groups is 1. The maximum Gasteiger partial charge on any atom is 0.189 e. The number of guanidine groups is 1. The van der Waals surface area contributed by atoms with Gasteiger partial charge in [-0.25, -0.2) is 13.4 Å². The third-order valence-corrected chi connectivity index (χ3v) is 3.60. The van der Waals surface area contributed by atoms with Gasteiger partial charge in [-0.2, -0.15) is 0 Å². The van der Waals surface area contributed by atoms with Gasteiger partial charge in [0.25, 0.3) is 0 Å². The molecular weight excluding hydrogens is 290 g/mol. The number of nitrogens with two attached hydrogens (primary N) is 1. The van der Waals surface area contributed by atoms with Crippen LogP contribution in [0.3, 0.4) is 0 Å². The number of nitrogens with zero attached hydrogens (tertiary/aromatic N) is 1. The molecule has 0 aliphatic heterocycles. The molecule has 0 heterocycles. The number of methoxy groups -OCH3 is 1. The number of hydrogen-bond donors (Lipinski definition) is 2. The first-order valence-corrected chi connectivity index (χ1v) is 8.67. The molecule has 0 fully saturated rings. The average molecular weight is 313 g/mol. The van der Waals surface area contributed by atoms with Crippen LogP contribution in [0.4, 0.5) is 0 Å². The van der Waals surface area contributed by atoms with Crippen LogP contribution in [0.25, 0.3) is 0 Å². The van der Waals surface area contributed by atoms with E-state index in [-0.39, 0.29) is 11.8 Å². The van der Waals surface area contributed by atoms with Crippen LogP contribution in [0, 0.1) is 0 Å². The fourth-order valence-electron chi connectivity index (χ4n) is 1.90. The lowest BCUT2D eigenvalue weighted by Gasteiger charge is -2.13. The van der Waals surface area contributed by atoms with Crippen molar-refractivity contribution in [3.63, 3.8) is 0 Å². The fraction of sp³-hybridized carbons (Fsp3) is 0.500. The van der Waals surface area contributed by atoms with Gasteiger partial charge in [-0.1, -0.05) is 24.3 Å². The van der Waals surface area contributed by atoms with Crippen molar-refractivity contribution in [3.05, 3.63) is 35.4 Å². The van der Waals surface area contributed by atoms with Gasteiger partial charge in [-0.05, 0) is 18.1 Å². The maximum absolute atomic E-state index is 11.4. The SMILES string of the molecule is COCC(C)NC(N)=NCc1ccccc1CS(C)(=O)=O. The van der Waals surface area contributed by atoms with E-state index in [2.05, 4.69) is 10.3 Å². The second-order valence-corrected chi connectivity index (χ2v) is 7.18. The molecule has 1 unspecified atom stereocenters. The second-order valence-electron chi connectivity index (χ2n) is 5.04. The van der Waals surface area contributed by atoms with E-state index >= 15 is 0 Å². The molecule has 0 aromatic heterocycles. The number of nitrogens with one attached hydrogen (secondary N) is 1. The highest BCUT2D eigenvalue weighted by Crippen LogP contribution is 2.13. The summed E-state index contributed by atoms with van der Waals surface area (Å²) in [4.78, 5) is 4.24. The zero-order valence-electron chi connectivity index (χ0n) is 12.7. The highest BCUT2D eigenvalue weighted by molar-refractivity contribution is 7.89. The molecule has 3 N–H and O–H groups in total. The van der Waals surface area contributed by atoms with Gasteiger partial charge >= 0.3 is 0 Å². The molecule has 0 amide bonds. The zero-order chi connectivity index (χ0) is 15.9. The van der Waals surface area contributed by atoms with Crippen molar-refractivity contribution in [1.82, 2.24) is 5.32 Å². The maximum atomic E-state index is 11.4. The molecule has 6 nitrogen and oxygen atoms in total. The Hall–Kier alpha value is -1.60. The summed E-state index contributed by atoms with van der Waals surface area (Å²) in [6.07, 6.45) is 1.22. The number of sulfone groups is 1. The first-order chi connectivity index (χ1) is 9.81. The summed E-state index contributed by atoms with van der Waals surface area (Å²) in [6, 6.07) is 7.38. The van der Waals surface area contributed by atoms with E-state index in [0.29, 0.717) is 19.1 Å². The molecule has 0 saturated heterocycles. The van der Waals surface area contributed by atoms with Gasteiger partial charge in [0, 0.05) is 19.4 Å². The molecule has 0 aliphatic rings. The van der Waals surface area contributed by atoms with Gasteiger partial charge in [0.15, 0.2) is 15.8 Å². The number of rotatable bonds is 7. The van der Waals surface area contributed by atoms with E-state index in [1.165, 1.54) is 6.26 Å². The van der Waals surface area contributed by atoms with Crippen molar-refractivity contribution in [2.45, 2.75) is 25.3 Å². The lowest BCUT2D eigenvalue weighted by molar-refractivity contribution is 0.179. The lowest BCUT2D eigenvalue weighted by atomic mass is 10.1. The van der Waals surface area contributed by atoms with E-state index < -0.39 is 9.84 Å². The molecule has 0 radical (unpaired) electrons. The molecule has 1 aromatic rings. The molecule has 0 bridgehead atoms. The first kappa shape index (κ1) is 17.5. The molecule has 1 atom stereocenters. The minimum absolute atomic E-state index is 0.00606. The molecule has 21 heavy (non-hydrogen) atoms. The van der Waals surface area contributed by atoms with Crippen molar-refractivity contribution in [3.8, 4) is 0 Å². The highest BCUT2D eigenvalue weighted by Gasteiger charge is 2.09. The molecule has 7 heteroatoms. The van der Waals surface area contributed by atoms with Gasteiger partial charge < -0.3 is 15.8 Å². The number of ether oxygens (including phenoxy) is 1. The summed E-state index contributed by atoms with van der Waals surface area (Å²) < 4.78 is 27.8. The van der Waals surface area contributed by atoms with E-state index in [1.54, 1.807) is 13.2 Å². The van der Waals surface area contributed by atoms with Crippen molar-refractivity contribution in [1.29, 1.82) is 0 Å². The first-order valence-electron chi connectivity index (χ1n) is 6.61. The van der Waals surface area contributed by atoms with E-state index in [4.69, 9.17) is 10.5 Å². The predicted octanol–water partition coefficient (Wildman–Crippen LogP) is 0.670. The van der Waals surface area contributed by atoms with Crippen molar-refractivity contribution in [2.75, 3.05) is 20.0 Å². The topological polar surface area (TPSA) is 93.8 Å². The minimum Gasteiger partial charge on any atom is -0.383 e. The number of hydrogen-bond acceptors (Lipinski definition) is 4. The van der Waals surface area contributed by atoms with Crippen LogP contribution in [0.2, 0.25) is 0 Å². The fourth-order valence-corrected chi connectivity index (χ4v) is 2.74. The van der Waals surface area contributed by atoms with Crippen LogP contribution in [-0.2, 0) is 26.9 Å². The van der Waals surface area contributed by atoms with Crippen molar-refractivity contribution >= 4 is 15.8 Å². The summed E-state index contributed by atoms with van der Waals surface area (Å²) in [7, 11) is -1.46. The summed E-state index contributed by atoms with van der Waals surface area (Å²) in [5, 5.41) is 3.00. The van der Waals surface area contributed by atoms with Gasteiger partial charge in [0.1, 0.15) is 0 Å². The molecule has 1 rings (SSSR count). The third-order valence-electron chi connectivity index (χ3n) is 2.77. The quantitative estimate of drug-likeness (QED) is 0.570. The normalized spacial score (nSPS) is 14.0. The Morgan fingerprint density at radius 1 is 1.38 bits per heavy atom. The van der Waals surface area contributed by atoms with E-state index in [9.17, 15) is 8.42 Å². The van der Waals surface area contributed by atoms with Gasteiger partial charge in [-0.15, -0.1) is 0 Å². The average Bonchev–Trinajstić information content (AvgIpc) is 2.36. The Morgan fingerprint density at radius 2 is 2.00 bits per heavy atom. The zero-order valence-corrected chi connectivity index (χ0v) is 13.5. The predicted molar refractivity (Wildman–Crippen MR) is 84.8 cm³/mol. The summed E-state index contributed by atoms with van der Waals surface area (Å²) in [6.45, 7) is 2.80. The van der Waals surface area contributed by atoms with Crippen LogP contribution in [0.15, 0.2) is 29.3 Å². The van der Waals surface area contributed by atoms with Crippen molar-refractivity contribution < 1.29 is 13.2 Å². The Balaban J connectivity index is 2.75. The smallest absolute Gasteiger partial charge is 0.189 e. The highest BCUT2D eigenvalue weighted by atomic mass is 32.2. The van der Waals surface area contributed by atoms with Crippen LogP contribution >= 0.6 is 0 Å². The van der Waals surface area contributed by atoms with Gasteiger partial charge in [0.2, 0.25) is 0 Å². The Labute approximate surface area is 126 Å². The standard InChI is InChI=1S/C14H23N3O3S/c1-11(9-20-2)17-14(15)16-8-12-6-4-5-7-13(12)10-21(3,18)19/h4-7,11H,8-10H2,1-3H3,(H3,15,16,17). The molecule has 0 spiro atoms. The summed E-state index contributed by atoms with van der Waals surface area (Å²) in [5.41, 5.74) is 7.40. The van der Waals surface area contributed by atoms with Gasteiger partial charge in [-0.3, -0.25) is 0 Å². The summed E-state index contributed by atoms with van der Waals surface area (Å²) >= 11 is 0. The number of benzene rings is 1. The Morgan fingerprint density at radius 3 is 2.57 bits per heavy atom. The van der Waals surface area contributed by atoms with E-state index in [1.807, 2.05) is 25.1 Å². The molecule has 0 aliphatic carbocycles. The third kappa shape index (κ3) is 7.10. The monoisotopic (exact) mass is 313 g/mol. The Kier molecular flexibility index (Phi) is 6.64. The van der Waals surface area contributed by atoms with Gasteiger partial charge in [0.05, 0.1) is 18.9 Å². The minimum atomic E-state index is -3.08. The molecule has 118 valence electrons. The van der Waals surface area contributed by atoms with Crippen molar-refractivity contribution in [2.24, 2.45) is 10.7 Å². The Bertz CT molecular complexity index is 585. The second kappa shape index (κ2) is 7.99. The van der Waals surface area contributed by atoms with E-state index in [0.717, 1.165) is 11.1 Å².